The van der Waals surface area contributed by atoms with Crippen LogP contribution < -0.4 is 16.6 Å². The molecule has 0 aromatic carbocycles. The molecule has 1 aromatic heterocycles. The van der Waals surface area contributed by atoms with E-state index in [-0.39, 0.29) is 12.1 Å². The Balaban J connectivity index is 1.82. The fourth-order valence-corrected chi connectivity index (χ4v) is 2.06. The molecule has 1 atom stereocenters. The molecule has 4 N–H and O–H groups in total. The number of nitrogen functional groups attached to an aromatic ring is 1. The van der Waals surface area contributed by atoms with E-state index < -0.39 is 0 Å². The average molecular weight is 266 g/mol. The number of aromatic nitrogens is 2. The van der Waals surface area contributed by atoms with Gasteiger partial charge >= 0.3 is 6.09 Å². The molecule has 8 heteroatoms. The lowest BCUT2D eigenvalue weighted by atomic mass is 10.3. The van der Waals surface area contributed by atoms with Crippen molar-refractivity contribution in [1.82, 2.24) is 20.2 Å². The highest BCUT2D eigenvalue weighted by Gasteiger charge is 2.24. The van der Waals surface area contributed by atoms with Crippen molar-refractivity contribution in [2.75, 3.05) is 25.6 Å². The number of likely N-dealkylation sites (tertiary alicyclic amines) is 1. The largest absolute Gasteiger partial charge is 0.453 e. The van der Waals surface area contributed by atoms with Crippen LogP contribution in [-0.2, 0) is 11.3 Å². The molecule has 1 aliphatic heterocycles. The third-order valence-electron chi connectivity index (χ3n) is 3.02. The molecule has 1 fully saturated rings. The number of methoxy groups -OCH3 is 1. The Hall–Kier alpha value is -1.93. The highest BCUT2D eigenvalue weighted by atomic mass is 16.5. The number of nitrogens with two attached hydrogens (primary N) is 1. The number of carbonyl (C=O) groups is 1. The van der Waals surface area contributed by atoms with E-state index >= 15 is 0 Å². The van der Waals surface area contributed by atoms with Crippen LogP contribution in [0.2, 0.25) is 0 Å². The van der Waals surface area contributed by atoms with Gasteiger partial charge in [-0.2, -0.15) is 0 Å². The fourth-order valence-electron chi connectivity index (χ4n) is 2.06. The Labute approximate surface area is 111 Å². The first-order chi connectivity index (χ1) is 9.21. The van der Waals surface area contributed by atoms with E-state index in [2.05, 4.69) is 30.3 Å². The third kappa shape index (κ3) is 3.76. The zero-order valence-corrected chi connectivity index (χ0v) is 10.8. The monoisotopic (exact) mass is 266 g/mol. The Bertz CT molecular complexity index is 424. The van der Waals surface area contributed by atoms with Crippen LogP contribution in [-0.4, -0.2) is 47.2 Å². The summed E-state index contributed by atoms with van der Waals surface area (Å²) < 4.78 is 4.58. The highest BCUT2D eigenvalue weighted by molar-refractivity contribution is 5.67. The van der Waals surface area contributed by atoms with Crippen LogP contribution in [0.4, 0.5) is 10.6 Å². The molecule has 1 aromatic rings. The molecular formula is C11H18N6O2. The van der Waals surface area contributed by atoms with Crippen molar-refractivity contribution in [2.24, 2.45) is 5.84 Å². The number of hydrogen-bond acceptors (Lipinski definition) is 7. The van der Waals surface area contributed by atoms with E-state index in [1.165, 1.54) is 7.11 Å². The van der Waals surface area contributed by atoms with Gasteiger partial charge in [0.05, 0.1) is 25.2 Å². The summed E-state index contributed by atoms with van der Waals surface area (Å²) in [6.45, 7) is 2.40. The summed E-state index contributed by atoms with van der Waals surface area (Å²) in [7, 11) is 1.37. The van der Waals surface area contributed by atoms with Crippen LogP contribution >= 0.6 is 0 Å². The summed E-state index contributed by atoms with van der Waals surface area (Å²) in [6, 6.07) is 0.130. The van der Waals surface area contributed by atoms with E-state index in [1.54, 1.807) is 12.4 Å². The van der Waals surface area contributed by atoms with Gasteiger partial charge in [-0.25, -0.2) is 15.6 Å². The quantitative estimate of drug-likeness (QED) is 0.507. The van der Waals surface area contributed by atoms with E-state index in [0.29, 0.717) is 12.4 Å². The summed E-state index contributed by atoms with van der Waals surface area (Å²) in [5.41, 5.74) is 3.31. The second-order valence-corrected chi connectivity index (χ2v) is 4.39. The summed E-state index contributed by atoms with van der Waals surface area (Å²) in [4.78, 5) is 21.7. The zero-order chi connectivity index (χ0) is 13.7. The molecule has 1 unspecified atom stereocenters. The minimum atomic E-state index is -0.384. The molecule has 0 aliphatic carbocycles. The lowest BCUT2D eigenvalue weighted by Gasteiger charge is -2.15. The maximum Gasteiger partial charge on any atom is 0.407 e. The number of nitrogens with zero attached hydrogens (tertiary/aromatic N) is 3. The Morgan fingerprint density at radius 1 is 1.58 bits per heavy atom. The molecule has 1 aliphatic rings. The molecule has 0 spiro atoms. The predicted molar refractivity (Wildman–Crippen MR) is 69.1 cm³/mol. The van der Waals surface area contributed by atoms with Crippen molar-refractivity contribution in [3.05, 3.63) is 18.1 Å². The van der Waals surface area contributed by atoms with Gasteiger partial charge in [0.2, 0.25) is 0 Å². The summed E-state index contributed by atoms with van der Waals surface area (Å²) in [5, 5.41) is 2.80. The summed E-state index contributed by atoms with van der Waals surface area (Å²) in [6.07, 6.45) is 3.81. The molecule has 1 saturated heterocycles. The molecule has 2 rings (SSSR count). The molecule has 2 heterocycles. The number of hydrogen-bond donors (Lipinski definition) is 3. The van der Waals surface area contributed by atoms with Gasteiger partial charge in [0.15, 0.2) is 5.82 Å². The number of rotatable bonds is 4. The minimum absolute atomic E-state index is 0.130. The first kappa shape index (κ1) is 13.5. The van der Waals surface area contributed by atoms with Crippen molar-refractivity contribution < 1.29 is 9.53 Å². The Morgan fingerprint density at radius 2 is 2.42 bits per heavy atom. The summed E-state index contributed by atoms with van der Waals surface area (Å²) >= 11 is 0. The lowest BCUT2D eigenvalue weighted by molar-refractivity contribution is 0.166. The predicted octanol–water partition coefficient (Wildman–Crippen LogP) is -0.307. The number of anilines is 1. The van der Waals surface area contributed by atoms with Gasteiger partial charge in [0.1, 0.15) is 0 Å². The lowest BCUT2D eigenvalue weighted by Crippen LogP contribution is -2.36. The van der Waals surface area contributed by atoms with Gasteiger partial charge in [-0.1, -0.05) is 0 Å². The van der Waals surface area contributed by atoms with E-state index in [0.717, 1.165) is 25.2 Å². The number of ether oxygens (including phenoxy) is 1. The zero-order valence-electron chi connectivity index (χ0n) is 10.8. The van der Waals surface area contributed by atoms with E-state index in [9.17, 15) is 4.79 Å². The van der Waals surface area contributed by atoms with Gasteiger partial charge < -0.3 is 15.5 Å². The normalized spacial score (nSPS) is 19.2. The molecule has 1 amide bonds. The average Bonchev–Trinajstić information content (AvgIpc) is 2.86. The number of hydrazine groups is 1. The van der Waals surface area contributed by atoms with Crippen LogP contribution in [0.15, 0.2) is 12.4 Å². The second kappa shape index (κ2) is 6.30. The molecule has 0 bridgehead atoms. The molecule has 8 nitrogen and oxygen atoms in total. The molecule has 0 saturated carbocycles. The number of carbonyl (C=O) groups excluding carboxylic acids is 1. The molecule has 104 valence electrons. The van der Waals surface area contributed by atoms with Gasteiger partial charge in [-0.15, -0.1) is 0 Å². The summed E-state index contributed by atoms with van der Waals surface area (Å²) in [5.74, 6) is 5.76. The maximum absolute atomic E-state index is 11.1. The fraction of sp³-hybridized carbons (Fsp3) is 0.545. The SMILES string of the molecule is COC(=O)NC1CCN(Cc2cnc(NN)cn2)C1. The van der Waals surface area contributed by atoms with Gasteiger partial charge in [-0.3, -0.25) is 9.88 Å². The van der Waals surface area contributed by atoms with Crippen LogP contribution in [0, 0.1) is 0 Å². The Morgan fingerprint density at radius 3 is 3.05 bits per heavy atom. The van der Waals surface area contributed by atoms with Crippen molar-refractivity contribution >= 4 is 11.9 Å². The topological polar surface area (TPSA) is 105 Å². The van der Waals surface area contributed by atoms with Crippen molar-refractivity contribution in [1.29, 1.82) is 0 Å². The Kier molecular flexibility index (Phi) is 4.48. The van der Waals surface area contributed by atoms with Crippen LogP contribution in [0.5, 0.6) is 0 Å². The van der Waals surface area contributed by atoms with E-state index in [1.807, 2.05) is 0 Å². The number of nitrogens with one attached hydrogen (secondary N) is 2. The molecule has 0 radical (unpaired) electrons. The first-order valence-corrected chi connectivity index (χ1v) is 6.05. The molecule has 19 heavy (non-hydrogen) atoms. The van der Waals surface area contributed by atoms with Gasteiger partial charge in [0.25, 0.3) is 0 Å². The number of alkyl carbamates (subject to hydrolysis) is 1. The molecular weight excluding hydrogens is 248 g/mol. The van der Waals surface area contributed by atoms with Gasteiger partial charge in [0, 0.05) is 25.7 Å². The van der Waals surface area contributed by atoms with Crippen LogP contribution in [0.25, 0.3) is 0 Å². The van der Waals surface area contributed by atoms with Crippen molar-refractivity contribution in [3.8, 4) is 0 Å². The third-order valence-corrected chi connectivity index (χ3v) is 3.02. The number of amides is 1. The standard InChI is InChI=1S/C11H18N6O2/c1-19-11(18)15-8-2-3-17(6-8)7-9-4-14-10(16-12)5-13-9/h4-5,8H,2-3,6-7,12H2,1H3,(H,14,16)(H,15,18). The van der Waals surface area contributed by atoms with Crippen molar-refractivity contribution in [2.45, 2.75) is 19.0 Å². The maximum atomic E-state index is 11.1. The second-order valence-electron chi connectivity index (χ2n) is 4.39. The van der Waals surface area contributed by atoms with Crippen LogP contribution in [0.3, 0.4) is 0 Å². The van der Waals surface area contributed by atoms with E-state index in [4.69, 9.17) is 5.84 Å². The smallest absolute Gasteiger partial charge is 0.407 e. The van der Waals surface area contributed by atoms with Crippen LogP contribution in [0.1, 0.15) is 12.1 Å². The first-order valence-electron chi connectivity index (χ1n) is 6.05. The van der Waals surface area contributed by atoms with Gasteiger partial charge in [-0.05, 0) is 6.42 Å². The minimum Gasteiger partial charge on any atom is -0.453 e. The van der Waals surface area contributed by atoms with Crippen molar-refractivity contribution in [3.63, 3.8) is 0 Å². The highest BCUT2D eigenvalue weighted by Crippen LogP contribution is 2.12.